The molecule has 1 aliphatic heterocycles. The molecule has 7 nitrogen and oxygen atoms in total. The van der Waals surface area contributed by atoms with Crippen LogP contribution in [0.15, 0.2) is 42.5 Å². The van der Waals surface area contributed by atoms with E-state index in [1.165, 1.54) is 12.8 Å². The summed E-state index contributed by atoms with van der Waals surface area (Å²) in [6.45, 7) is 2.99. The van der Waals surface area contributed by atoms with E-state index in [0.29, 0.717) is 25.2 Å². The van der Waals surface area contributed by atoms with Crippen molar-refractivity contribution in [2.24, 2.45) is 0 Å². The Morgan fingerprint density at radius 1 is 1.12 bits per heavy atom. The van der Waals surface area contributed by atoms with Gasteiger partial charge in [-0.1, -0.05) is 12.1 Å². The first-order valence-corrected chi connectivity index (χ1v) is 11.4. The number of anilines is 2. The molecule has 2 aromatic carbocycles. The summed E-state index contributed by atoms with van der Waals surface area (Å²) < 4.78 is 11.7. The average molecular weight is 438 g/mol. The molecule has 1 atom stereocenters. The molecule has 0 radical (unpaired) electrons. The van der Waals surface area contributed by atoms with Crippen molar-refractivity contribution in [3.8, 4) is 11.5 Å². The Bertz CT molecular complexity index is 971. The second-order valence-corrected chi connectivity index (χ2v) is 8.37. The molecule has 1 saturated heterocycles. The smallest absolute Gasteiger partial charge is 0.319 e. The lowest BCUT2D eigenvalue weighted by Crippen LogP contribution is -2.28. The molecule has 0 spiro atoms. The molecule has 4 rings (SSSR count). The van der Waals surface area contributed by atoms with E-state index in [2.05, 4.69) is 10.6 Å². The Hall–Kier alpha value is -3.22. The van der Waals surface area contributed by atoms with E-state index in [1.807, 2.05) is 49.4 Å². The Morgan fingerprint density at radius 3 is 2.69 bits per heavy atom. The van der Waals surface area contributed by atoms with Crippen molar-refractivity contribution < 1.29 is 19.1 Å². The quantitative estimate of drug-likeness (QED) is 0.659. The minimum Gasteiger partial charge on any atom is -0.493 e. The molecular formula is C25H31N3O4. The summed E-state index contributed by atoms with van der Waals surface area (Å²) in [5.74, 6) is 1.63. The van der Waals surface area contributed by atoms with Crippen LogP contribution in [0.5, 0.6) is 11.5 Å². The van der Waals surface area contributed by atoms with Gasteiger partial charge in [0.25, 0.3) is 0 Å². The van der Waals surface area contributed by atoms with Crippen LogP contribution in [0.2, 0.25) is 0 Å². The maximum absolute atomic E-state index is 12.9. The van der Waals surface area contributed by atoms with Crippen LogP contribution in [0.4, 0.5) is 16.2 Å². The number of rotatable bonds is 7. The molecule has 2 fully saturated rings. The SMILES string of the molecule is CCNC(=O)Nc1cccc(N2CC(c3ccc(OC)c(OC4CCCC4)c3)CC2=O)c1. The van der Waals surface area contributed by atoms with Gasteiger partial charge in [-0.2, -0.15) is 0 Å². The van der Waals surface area contributed by atoms with Gasteiger partial charge in [0.15, 0.2) is 11.5 Å². The van der Waals surface area contributed by atoms with E-state index in [-0.39, 0.29) is 24.0 Å². The molecule has 7 heteroatoms. The summed E-state index contributed by atoms with van der Waals surface area (Å²) in [6.07, 6.45) is 5.22. The van der Waals surface area contributed by atoms with Gasteiger partial charge in [-0.25, -0.2) is 4.79 Å². The summed E-state index contributed by atoms with van der Waals surface area (Å²) >= 11 is 0. The minimum atomic E-state index is -0.261. The maximum atomic E-state index is 12.9. The lowest BCUT2D eigenvalue weighted by Gasteiger charge is -2.20. The molecule has 1 saturated carbocycles. The number of urea groups is 1. The molecule has 1 aliphatic carbocycles. The van der Waals surface area contributed by atoms with Crippen molar-refractivity contribution in [2.75, 3.05) is 30.4 Å². The third-order valence-electron chi connectivity index (χ3n) is 6.13. The molecular weight excluding hydrogens is 406 g/mol. The molecule has 1 heterocycles. The van der Waals surface area contributed by atoms with Gasteiger partial charge in [0, 0.05) is 36.8 Å². The molecule has 2 N–H and O–H groups in total. The van der Waals surface area contributed by atoms with Gasteiger partial charge in [0.05, 0.1) is 13.2 Å². The first-order valence-electron chi connectivity index (χ1n) is 11.4. The van der Waals surface area contributed by atoms with Gasteiger partial charge in [-0.05, 0) is 68.5 Å². The van der Waals surface area contributed by atoms with E-state index in [9.17, 15) is 9.59 Å². The summed E-state index contributed by atoms with van der Waals surface area (Å²) in [5, 5.41) is 5.51. The summed E-state index contributed by atoms with van der Waals surface area (Å²) in [4.78, 5) is 26.5. The molecule has 170 valence electrons. The fourth-order valence-electron chi connectivity index (χ4n) is 4.49. The zero-order valence-electron chi connectivity index (χ0n) is 18.7. The number of nitrogens with zero attached hydrogens (tertiary/aromatic N) is 1. The van der Waals surface area contributed by atoms with Gasteiger partial charge >= 0.3 is 6.03 Å². The van der Waals surface area contributed by atoms with Crippen LogP contribution in [-0.2, 0) is 4.79 Å². The number of carbonyl (C=O) groups is 2. The van der Waals surface area contributed by atoms with Crippen LogP contribution in [0, 0.1) is 0 Å². The van der Waals surface area contributed by atoms with Crippen molar-refractivity contribution in [3.63, 3.8) is 0 Å². The van der Waals surface area contributed by atoms with Crippen molar-refractivity contribution in [1.29, 1.82) is 0 Å². The van der Waals surface area contributed by atoms with E-state index >= 15 is 0 Å². The minimum absolute atomic E-state index is 0.0687. The fourth-order valence-corrected chi connectivity index (χ4v) is 4.49. The van der Waals surface area contributed by atoms with E-state index < -0.39 is 0 Å². The summed E-state index contributed by atoms with van der Waals surface area (Å²) in [6, 6.07) is 13.1. The Labute approximate surface area is 189 Å². The third kappa shape index (κ3) is 4.98. The fraction of sp³-hybridized carbons (Fsp3) is 0.440. The van der Waals surface area contributed by atoms with Gasteiger partial charge in [-0.15, -0.1) is 0 Å². The standard InChI is InChI=1S/C25H31N3O4/c1-3-26-25(30)27-19-7-6-8-20(15-19)28-16-18(14-24(28)29)17-11-12-22(31-2)23(13-17)32-21-9-4-5-10-21/h6-8,11-13,15,18,21H,3-5,9-10,14,16H2,1-2H3,(H2,26,27,30). The highest BCUT2D eigenvalue weighted by atomic mass is 16.5. The van der Waals surface area contributed by atoms with E-state index in [0.717, 1.165) is 35.6 Å². The number of hydrogen-bond acceptors (Lipinski definition) is 4. The van der Waals surface area contributed by atoms with Crippen molar-refractivity contribution in [3.05, 3.63) is 48.0 Å². The summed E-state index contributed by atoms with van der Waals surface area (Å²) in [5.41, 5.74) is 2.51. The van der Waals surface area contributed by atoms with Gasteiger partial charge in [-0.3, -0.25) is 4.79 Å². The zero-order valence-corrected chi connectivity index (χ0v) is 18.7. The number of amides is 3. The molecule has 2 aliphatic rings. The zero-order chi connectivity index (χ0) is 22.5. The lowest BCUT2D eigenvalue weighted by molar-refractivity contribution is -0.117. The largest absolute Gasteiger partial charge is 0.493 e. The van der Waals surface area contributed by atoms with Gasteiger partial charge in [0.2, 0.25) is 5.91 Å². The topological polar surface area (TPSA) is 79.9 Å². The molecule has 1 unspecified atom stereocenters. The molecule has 2 aromatic rings. The van der Waals surface area contributed by atoms with Crippen molar-refractivity contribution in [2.45, 2.75) is 51.0 Å². The van der Waals surface area contributed by atoms with Crippen LogP contribution >= 0.6 is 0 Å². The molecule has 3 amide bonds. The second-order valence-electron chi connectivity index (χ2n) is 8.37. The monoisotopic (exact) mass is 437 g/mol. The van der Waals surface area contributed by atoms with Crippen molar-refractivity contribution in [1.82, 2.24) is 5.32 Å². The Balaban J connectivity index is 1.49. The number of benzene rings is 2. The Morgan fingerprint density at radius 2 is 1.94 bits per heavy atom. The normalized spacial score (nSPS) is 18.6. The van der Waals surface area contributed by atoms with Gasteiger partial charge < -0.3 is 25.0 Å². The van der Waals surface area contributed by atoms with Crippen LogP contribution < -0.4 is 25.0 Å². The average Bonchev–Trinajstić information content (AvgIpc) is 3.43. The molecule has 0 bridgehead atoms. The summed E-state index contributed by atoms with van der Waals surface area (Å²) in [7, 11) is 1.65. The molecule has 32 heavy (non-hydrogen) atoms. The van der Waals surface area contributed by atoms with Crippen LogP contribution in [0.3, 0.4) is 0 Å². The third-order valence-corrected chi connectivity index (χ3v) is 6.13. The van der Waals surface area contributed by atoms with E-state index in [4.69, 9.17) is 9.47 Å². The number of methoxy groups -OCH3 is 1. The van der Waals surface area contributed by atoms with Crippen LogP contribution in [0.1, 0.15) is 50.5 Å². The Kier molecular flexibility index (Phi) is 6.83. The first-order chi connectivity index (χ1) is 15.6. The highest BCUT2D eigenvalue weighted by Crippen LogP contribution is 2.38. The highest BCUT2D eigenvalue weighted by Gasteiger charge is 2.32. The predicted octanol–water partition coefficient (Wildman–Crippen LogP) is 4.68. The van der Waals surface area contributed by atoms with E-state index in [1.54, 1.807) is 12.0 Å². The number of ether oxygens (including phenoxy) is 2. The lowest BCUT2D eigenvalue weighted by atomic mass is 9.98. The first kappa shape index (κ1) is 22.0. The number of nitrogens with one attached hydrogen (secondary N) is 2. The molecule has 0 aromatic heterocycles. The van der Waals surface area contributed by atoms with Gasteiger partial charge in [0.1, 0.15) is 0 Å². The predicted molar refractivity (Wildman–Crippen MR) is 125 cm³/mol. The number of carbonyl (C=O) groups excluding carboxylic acids is 2. The van der Waals surface area contributed by atoms with Crippen molar-refractivity contribution >= 4 is 23.3 Å². The maximum Gasteiger partial charge on any atom is 0.319 e. The van der Waals surface area contributed by atoms with Crippen LogP contribution in [0.25, 0.3) is 0 Å². The number of hydrogen-bond donors (Lipinski definition) is 2. The highest BCUT2D eigenvalue weighted by molar-refractivity contribution is 5.97. The van der Waals surface area contributed by atoms with Crippen LogP contribution in [-0.4, -0.2) is 38.2 Å². The second kappa shape index (κ2) is 9.94.